The molecule has 10 N–H and O–H groups in total. The van der Waals surface area contributed by atoms with E-state index in [1.807, 2.05) is 4.90 Å². The summed E-state index contributed by atoms with van der Waals surface area (Å²) in [7, 11) is 3.11. The molecule has 1 aliphatic carbocycles. The minimum atomic E-state index is -3.54. The standard InChI is InChI=1S/C29H39N7O8S/c1-43-13-10-16-8-11-36(12-9-16)28(39)21-15-32-27(45-21)18-4-3-5-19(24(18)44-2)33-20(23(31)26(38)35-29(40,41)42)14-22(30)34-25(37)17-6-7-17/h3-5,14-17,33,40-42H,6-13,30-31H2,1-2H3,(H,34,37)(H,35,38)/b22-14+,23-20+. The van der Waals surface area contributed by atoms with E-state index in [9.17, 15) is 29.7 Å². The zero-order chi connectivity index (χ0) is 32.7. The van der Waals surface area contributed by atoms with Gasteiger partial charge in [-0.15, -0.1) is 11.3 Å². The molecule has 244 valence electrons. The first-order valence-electron chi connectivity index (χ1n) is 14.4. The van der Waals surface area contributed by atoms with E-state index >= 15 is 0 Å². The fourth-order valence-corrected chi connectivity index (χ4v) is 5.74. The van der Waals surface area contributed by atoms with E-state index in [4.69, 9.17) is 20.9 Å². The average Bonchev–Trinajstić information content (AvgIpc) is 3.75. The number of nitrogens with one attached hydrogen (secondary N) is 3. The maximum Gasteiger partial charge on any atom is 0.369 e. The van der Waals surface area contributed by atoms with Crippen LogP contribution in [0.3, 0.4) is 0 Å². The number of carbonyl (C=O) groups is 3. The molecule has 16 heteroatoms. The van der Waals surface area contributed by atoms with Crippen LogP contribution in [-0.2, 0) is 14.3 Å². The van der Waals surface area contributed by atoms with E-state index in [-0.39, 0.29) is 35.0 Å². The molecular weight excluding hydrogens is 606 g/mol. The lowest BCUT2D eigenvalue weighted by atomic mass is 9.94. The van der Waals surface area contributed by atoms with Gasteiger partial charge in [0.1, 0.15) is 21.4 Å². The number of hydrogen-bond donors (Lipinski definition) is 8. The second-order valence-electron chi connectivity index (χ2n) is 10.8. The maximum atomic E-state index is 13.3. The molecule has 0 unspecified atom stereocenters. The van der Waals surface area contributed by atoms with Gasteiger partial charge in [0.2, 0.25) is 5.91 Å². The van der Waals surface area contributed by atoms with Crippen molar-refractivity contribution in [1.29, 1.82) is 0 Å². The number of nitrogens with two attached hydrogens (primary N) is 2. The Hall–Kier alpha value is -4.22. The van der Waals surface area contributed by atoms with Gasteiger partial charge < -0.3 is 51.8 Å². The molecule has 2 heterocycles. The van der Waals surface area contributed by atoms with Crippen LogP contribution < -0.4 is 32.2 Å². The maximum absolute atomic E-state index is 13.3. The Bertz CT molecular complexity index is 1460. The number of piperidine rings is 1. The molecule has 1 aromatic heterocycles. The highest BCUT2D eigenvalue weighted by Crippen LogP contribution is 2.39. The van der Waals surface area contributed by atoms with Gasteiger partial charge in [-0.2, -0.15) is 0 Å². The number of benzene rings is 1. The van der Waals surface area contributed by atoms with Crippen LogP contribution >= 0.6 is 11.3 Å². The van der Waals surface area contributed by atoms with Gasteiger partial charge in [0.15, 0.2) is 5.75 Å². The zero-order valence-corrected chi connectivity index (χ0v) is 25.9. The van der Waals surface area contributed by atoms with E-state index in [0.717, 1.165) is 32.1 Å². The third-order valence-corrected chi connectivity index (χ3v) is 8.42. The van der Waals surface area contributed by atoms with Crippen LogP contribution in [0.2, 0.25) is 0 Å². The summed E-state index contributed by atoms with van der Waals surface area (Å²) in [5.74, 6) is -1.14. The average molecular weight is 646 g/mol. The number of ether oxygens (including phenoxy) is 2. The number of nitrogens with zero attached hydrogens (tertiary/aromatic N) is 2. The number of aromatic nitrogens is 1. The number of para-hydroxylation sites is 1. The second kappa shape index (κ2) is 14.7. The molecule has 0 atom stereocenters. The highest BCUT2D eigenvalue weighted by molar-refractivity contribution is 7.17. The van der Waals surface area contributed by atoms with Gasteiger partial charge in [-0.05, 0) is 50.2 Å². The molecular formula is C29H39N7O8S. The van der Waals surface area contributed by atoms with Crippen LogP contribution in [0.4, 0.5) is 5.69 Å². The van der Waals surface area contributed by atoms with Gasteiger partial charge in [-0.1, -0.05) is 6.07 Å². The monoisotopic (exact) mass is 645 g/mol. The van der Waals surface area contributed by atoms with Crippen molar-refractivity contribution in [2.24, 2.45) is 23.3 Å². The molecule has 4 rings (SSSR count). The fourth-order valence-electron chi connectivity index (χ4n) is 4.84. The molecule has 0 bridgehead atoms. The van der Waals surface area contributed by atoms with E-state index in [2.05, 4.69) is 15.6 Å². The number of methoxy groups -OCH3 is 2. The van der Waals surface area contributed by atoms with Crippen LogP contribution in [-0.4, -0.2) is 82.9 Å². The molecule has 3 amide bonds. The van der Waals surface area contributed by atoms with Crippen molar-refractivity contribution >= 4 is 34.7 Å². The summed E-state index contributed by atoms with van der Waals surface area (Å²) < 4.78 is 10.9. The summed E-state index contributed by atoms with van der Waals surface area (Å²) in [4.78, 5) is 44.8. The van der Waals surface area contributed by atoms with Gasteiger partial charge in [0.25, 0.3) is 11.8 Å². The van der Waals surface area contributed by atoms with Crippen molar-refractivity contribution in [2.45, 2.75) is 38.2 Å². The third-order valence-electron chi connectivity index (χ3n) is 7.40. The van der Waals surface area contributed by atoms with E-state index in [1.54, 1.807) is 25.3 Å². The molecule has 2 aromatic rings. The minimum absolute atomic E-state index is 0.0947. The number of thiazole rings is 1. The molecule has 0 radical (unpaired) electrons. The van der Waals surface area contributed by atoms with Crippen molar-refractivity contribution < 1.29 is 39.2 Å². The topological polar surface area (TPSA) is 235 Å². The molecule has 2 fully saturated rings. The van der Waals surface area contributed by atoms with Crippen molar-refractivity contribution in [2.75, 3.05) is 39.2 Å². The normalized spacial score (nSPS) is 16.6. The van der Waals surface area contributed by atoms with E-state index < -0.39 is 17.7 Å². The molecule has 1 saturated heterocycles. The third kappa shape index (κ3) is 9.15. The predicted octanol–water partition coefficient (Wildman–Crippen LogP) is 0.320. The highest BCUT2D eigenvalue weighted by atomic mass is 32.1. The highest BCUT2D eigenvalue weighted by Gasteiger charge is 2.30. The zero-order valence-electron chi connectivity index (χ0n) is 25.0. The molecule has 1 saturated carbocycles. The lowest BCUT2D eigenvalue weighted by Gasteiger charge is -2.31. The predicted molar refractivity (Wildman–Crippen MR) is 165 cm³/mol. The summed E-state index contributed by atoms with van der Waals surface area (Å²) >= 11 is 1.21. The molecule has 2 aliphatic rings. The van der Waals surface area contributed by atoms with Gasteiger partial charge in [0.05, 0.1) is 30.3 Å². The fraction of sp³-hybridized carbons (Fsp3) is 0.448. The molecule has 45 heavy (non-hydrogen) atoms. The number of anilines is 1. The number of allylic oxidation sites excluding steroid dienone is 1. The molecule has 1 aliphatic heterocycles. The van der Waals surface area contributed by atoms with Crippen LogP contribution in [0.5, 0.6) is 5.75 Å². The van der Waals surface area contributed by atoms with Crippen molar-refractivity contribution in [1.82, 2.24) is 20.5 Å². The van der Waals surface area contributed by atoms with Crippen LogP contribution in [0.15, 0.2) is 47.7 Å². The molecule has 15 nitrogen and oxygen atoms in total. The smallest absolute Gasteiger partial charge is 0.369 e. The number of hydrogen-bond acceptors (Lipinski definition) is 13. The van der Waals surface area contributed by atoms with Crippen LogP contribution in [0.1, 0.15) is 41.8 Å². The van der Waals surface area contributed by atoms with Gasteiger partial charge in [-0.3, -0.25) is 19.7 Å². The van der Waals surface area contributed by atoms with Gasteiger partial charge >= 0.3 is 6.10 Å². The number of carbonyl (C=O) groups excluding carboxylic acids is 3. The summed E-state index contributed by atoms with van der Waals surface area (Å²) in [5, 5.41) is 35.1. The van der Waals surface area contributed by atoms with E-state index in [1.165, 1.54) is 36.0 Å². The first-order valence-corrected chi connectivity index (χ1v) is 15.2. The Kier molecular flexibility index (Phi) is 11.0. The summed E-state index contributed by atoms with van der Waals surface area (Å²) in [6.45, 7) is 2.03. The number of aliphatic hydroxyl groups is 3. The summed E-state index contributed by atoms with van der Waals surface area (Å²) in [6, 6.07) is 5.04. The Labute approximate surface area is 263 Å². The molecule has 0 spiro atoms. The number of likely N-dealkylation sites (tertiary alicyclic amines) is 1. The quantitative estimate of drug-likeness (QED) is 0.0836. The Morgan fingerprint density at radius 3 is 2.47 bits per heavy atom. The van der Waals surface area contributed by atoms with Crippen molar-refractivity contribution in [3.8, 4) is 16.3 Å². The SMILES string of the molecule is COCCC1CCN(C(=O)c2cnc(-c3cccc(NC(/C=C(\N)NC(=O)C4CC4)=C(/N)C(=O)NC(O)(O)O)c3OC)s2)CC1. The number of amides is 3. The first kappa shape index (κ1) is 33.7. The van der Waals surface area contributed by atoms with Crippen molar-refractivity contribution in [3.05, 3.63) is 52.6 Å². The lowest BCUT2D eigenvalue weighted by Crippen LogP contribution is -2.50. The summed E-state index contributed by atoms with van der Waals surface area (Å²) in [5.41, 5.74) is 12.1. The Morgan fingerprint density at radius 2 is 1.84 bits per heavy atom. The first-order chi connectivity index (χ1) is 21.4. The van der Waals surface area contributed by atoms with E-state index in [0.29, 0.717) is 46.7 Å². The van der Waals surface area contributed by atoms with Crippen molar-refractivity contribution in [3.63, 3.8) is 0 Å². The van der Waals surface area contributed by atoms with Crippen LogP contribution in [0, 0.1) is 11.8 Å². The van der Waals surface area contributed by atoms with Gasteiger partial charge in [0, 0.05) is 38.8 Å². The summed E-state index contributed by atoms with van der Waals surface area (Å²) in [6.07, 6.45) is 3.44. The minimum Gasteiger partial charge on any atom is -0.494 e. The second-order valence-corrected chi connectivity index (χ2v) is 11.9. The molecule has 1 aromatic carbocycles. The van der Waals surface area contributed by atoms with Gasteiger partial charge in [-0.25, -0.2) is 4.98 Å². The Morgan fingerprint density at radius 1 is 1.13 bits per heavy atom. The van der Waals surface area contributed by atoms with Crippen LogP contribution in [0.25, 0.3) is 10.6 Å². The number of rotatable bonds is 13. The Balaban J connectivity index is 1.58. The largest absolute Gasteiger partial charge is 0.494 e. The lowest BCUT2D eigenvalue weighted by molar-refractivity contribution is -0.325.